The molecule has 0 aromatic rings. The number of unbranched alkanes of at least 4 members (excludes halogenated alkanes) is 10. The largest absolute Gasteiger partial charge is 0.481 e. The van der Waals surface area contributed by atoms with E-state index in [1.54, 1.807) is 0 Å². The van der Waals surface area contributed by atoms with E-state index in [0.717, 1.165) is 103 Å². The summed E-state index contributed by atoms with van der Waals surface area (Å²) in [5.74, 6) is -0.772. The molecule has 1 unspecified atom stereocenters. The second kappa shape index (κ2) is 32.2. The maximum Gasteiger partial charge on any atom is 0.306 e. The third kappa shape index (κ3) is 32.0. The Morgan fingerprint density at radius 2 is 1.02 bits per heavy atom. The molecule has 0 aliphatic carbocycles. The number of carboxylic acids is 1. The Hall–Kier alpha value is -2.36. The van der Waals surface area contributed by atoms with Gasteiger partial charge in [0.25, 0.3) is 0 Å². The van der Waals surface area contributed by atoms with E-state index in [9.17, 15) is 9.59 Å². The van der Waals surface area contributed by atoms with Crippen molar-refractivity contribution in [1.29, 1.82) is 0 Å². The van der Waals surface area contributed by atoms with Gasteiger partial charge in [-0.05, 0) is 83.5 Å². The number of hydrogen-bond acceptors (Lipinski definition) is 3. The second-order valence-corrected chi connectivity index (χ2v) is 11.0. The first-order chi connectivity index (χ1) is 20.1. The topological polar surface area (TPSA) is 63.6 Å². The van der Waals surface area contributed by atoms with Gasteiger partial charge in [-0.2, -0.15) is 0 Å². The van der Waals surface area contributed by atoms with Gasteiger partial charge in [-0.3, -0.25) is 9.59 Å². The van der Waals surface area contributed by atoms with Crippen LogP contribution in [0, 0.1) is 0 Å². The zero-order valence-corrected chi connectivity index (χ0v) is 26.6. The number of esters is 1. The lowest BCUT2D eigenvalue weighted by Gasteiger charge is -2.18. The van der Waals surface area contributed by atoms with E-state index < -0.39 is 5.97 Å². The van der Waals surface area contributed by atoms with Gasteiger partial charge in [0.15, 0.2) is 0 Å². The van der Waals surface area contributed by atoms with Gasteiger partial charge in [-0.15, -0.1) is 0 Å². The molecule has 0 aliphatic rings. The molecule has 41 heavy (non-hydrogen) atoms. The van der Waals surface area contributed by atoms with Crippen molar-refractivity contribution in [2.45, 2.75) is 161 Å². The summed E-state index contributed by atoms with van der Waals surface area (Å²) >= 11 is 0. The molecule has 0 saturated heterocycles. The van der Waals surface area contributed by atoms with E-state index in [2.05, 4.69) is 74.6 Å². The zero-order chi connectivity index (χ0) is 30.1. The van der Waals surface area contributed by atoms with Crippen LogP contribution in [0.4, 0.5) is 0 Å². The van der Waals surface area contributed by atoms with E-state index in [0.29, 0.717) is 6.42 Å². The van der Waals surface area contributed by atoms with Gasteiger partial charge in [0.05, 0.1) is 0 Å². The van der Waals surface area contributed by atoms with Crippen LogP contribution >= 0.6 is 0 Å². The van der Waals surface area contributed by atoms with Crippen molar-refractivity contribution < 1.29 is 19.4 Å². The van der Waals surface area contributed by atoms with Gasteiger partial charge in [-0.25, -0.2) is 0 Å². The van der Waals surface area contributed by atoms with Gasteiger partial charge in [0.1, 0.15) is 6.10 Å². The molecule has 0 spiro atoms. The molecule has 4 heteroatoms. The fourth-order valence-corrected chi connectivity index (χ4v) is 4.56. The Morgan fingerprint density at radius 1 is 0.561 bits per heavy atom. The number of carbonyl (C=O) groups excluding carboxylic acids is 1. The molecule has 0 fully saturated rings. The lowest BCUT2D eigenvalue weighted by Crippen LogP contribution is -2.18. The van der Waals surface area contributed by atoms with Crippen LogP contribution in [0.15, 0.2) is 60.8 Å². The highest BCUT2D eigenvalue weighted by Gasteiger charge is 2.14. The summed E-state index contributed by atoms with van der Waals surface area (Å²) in [6.45, 7) is 4.38. The molecular formula is C37H62O4. The average Bonchev–Trinajstić information content (AvgIpc) is 2.95. The molecule has 0 heterocycles. The fourth-order valence-electron chi connectivity index (χ4n) is 4.56. The number of rotatable bonds is 29. The Morgan fingerprint density at radius 3 is 1.56 bits per heavy atom. The van der Waals surface area contributed by atoms with Crippen LogP contribution in [0.25, 0.3) is 0 Å². The summed E-state index contributed by atoms with van der Waals surface area (Å²) in [7, 11) is 0. The Balaban J connectivity index is 3.95. The first kappa shape index (κ1) is 38.6. The van der Waals surface area contributed by atoms with Crippen LogP contribution in [0.2, 0.25) is 0 Å². The maximum absolute atomic E-state index is 12.5. The first-order valence-electron chi connectivity index (χ1n) is 16.8. The molecule has 0 radical (unpaired) electrons. The highest BCUT2D eigenvalue weighted by atomic mass is 16.5. The average molecular weight is 571 g/mol. The Kier molecular flexibility index (Phi) is 30.3. The molecule has 1 atom stereocenters. The minimum Gasteiger partial charge on any atom is -0.481 e. The molecule has 4 nitrogen and oxygen atoms in total. The summed E-state index contributed by atoms with van der Waals surface area (Å²) in [5.41, 5.74) is 0. The Labute approximate surface area is 253 Å². The minimum atomic E-state index is -0.721. The Bertz CT molecular complexity index is 744. The smallest absolute Gasteiger partial charge is 0.306 e. The normalized spacial score (nSPS) is 13.0. The van der Waals surface area contributed by atoms with Crippen molar-refractivity contribution in [3.05, 3.63) is 60.8 Å². The van der Waals surface area contributed by atoms with Crippen molar-refractivity contribution in [1.82, 2.24) is 0 Å². The predicted octanol–water partition coefficient (Wildman–Crippen LogP) is 11.4. The molecule has 0 saturated carbocycles. The summed E-state index contributed by atoms with van der Waals surface area (Å²) in [6.07, 6.45) is 43.8. The van der Waals surface area contributed by atoms with Gasteiger partial charge >= 0.3 is 11.9 Å². The van der Waals surface area contributed by atoms with Gasteiger partial charge < -0.3 is 9.84 Å². The number of hydrogen-bond donors (Lipinski definition) is 1. The summed E-state index contributed by atoms with van der Waals surface area (Å²) < 4.78 is 5.87. The molecule has 0 amide bonds. The zero-order valence-electron chi connectivity index (χ0n) is 26.6. The molecule has 0 aromatic heterocycles. The summed E-state index contributed by atoms with van der Waals surface area (Å²) in [6, 6.07) is 0. The third-order valence-corrected chi connectivity index (χ3v) is 7.00. The van der Waals surface area contributed by atoms with Gasteiger partial charge in [0.2, 0.25) is 0 Å². The lowest BCUT2D eigenvalue weighted by atomic mass is 10.0. The second-order valence-electron chi connectivity index (χ2n) is 11.0. The third-order valence-electron chi connectivity index (χ3n) is 7.00. The number of ether oxygens (including phenoxy) is 1. The molecule has 0 bridgehead atoms. The summed E-state index contributed by atoms with van der Waals surface area (Å²) in [4.78, 5) is 23.1. The number of allylic oxidation sites excluding steroid dienone is 10. The van der Waals surface area contributed by atoms with Crippen LogP contribution < -0.4 is 0 Å². The monoisotopic (exact) mass is 570 g/mol. The van der Waals surface area contributed by atoms with Crippen molar-refractivity contribution in [3.8, 4) is 0 Å². The number of carbonyl (C=O) groups is 2. The van der Waals surface area contributed by atoms with Crippen molar-refractivity contribution >= 4 is 11.9 Å². The lowest BCUT2D eigenvalue weighted by molar-refractivity contribution is -0.150. The van der Waals surface area contributed by atoms with E-state index in [-0.39, 0.29) is 18.5 Å². The summed E-state index contributed by atoms with van der Waals surface area (Å²) in [5, 5.41) is 8.77. The molecular weight excluding hydrogens is 508 g/mol. The van der Waals surface area contributed by atoms with E-state index in [1.807, 2.05) is 0 Å². The molecule has 234 valence electrons. The van der Waals surface area contributed by atoms with E-state index in [1.165, 1.54) is 25.7 Å². The standard InChI is InChI=1S/C37H62O4/c1-3-5-7-9-10-11-12-13-14-15-16-17-18-19-20-21-22-24-30-34-37(40)41-35(31-27-23-8-6-4-2)32-28-25-26-29-33-36(38)39/h5,7,10-11,13-14,16-17,19-20,35H,3-4,6,8-9,12,15,18,21-34H2,1-2H3,(H,38,39)/b7-5-,11-10-,14-13-,17-16-,20-19-. The van der Waals surface area contributed by atoms with E-state index in [4.69, 9.17) is 9.84 Å². The highest BCUT2D eigenvalue weighted by molar-refractivity contribution is 5.69. The first-order valence-corrected chi connectivity index (χ1v) is 16.8. The van der Waals surface area contributed by atoms with Crippen LogP contribution in [0.1, 0.15) is 155 Å². The molecule has 0 rings (SSSR count). The van der Waals surface area contributed by atoms with Crippen molar-refractivity contribution in [3.63, 3.8) is 0 Å². The fraction of sp³-hybridized carbons (Fsp3) is 0.676. The highest BCUT2D eigenvalue weighted by Crippen LogP contribution is 2.18. The van der Waals surface area contributed by atoms with Gasteiger partial charge in [0, 0.05) is 12.8 Å². The number of aliphatic carboxylic acids is 1. The van der Waals surface area contributed by atoms with E-state index >= 15 is 0 Å². The van der Waals surface area contributed by atoms with Crippen LogP contribution in [-0.4, -0.2) is 23.1 Å². The van der Waals surface area contributed by atoms with Crippen molar-refractivity contribution in [2.24, 2.45) is 0 Å². The van der Waals surface area contributed by atoms with Gasteiger partial charge in [-0.1, -0.05) is 120 Å². The minimum absolute atomic E-state index is 0.0184. The number of carboxylic acid groups (broad SMARTS) is 1. The van der Waals surface area contributed by atoms with Crippen molar-refractivity contribution in [2.75, 3.05) is 0 Å². The molecule has 1 N–H and O–H groups in total. The predicted molar refractivity (Wildman–Crippen MR) is 176 cm³/mol. The molecule has 0 aromatic carbocycles. The molecule has 0 aliphatic heterocycles. The van der Waals surface area contributed by atoms with Crippen LogP contribution in [-0.2, 0) is 14.3 Å². The quantitative estimate of drug-likeness (QED) is 0.0552. The maximum atomic E-state index is 12.5. The van der Waals surface area contributed by atoms with Crippen LogP contribution in [0.3, 0.4) is 0 Å². The SMILES string of the molecule is CC/C=C\C/C=C\C/C=C\C/C=C\C/C=C\CCCCCC(=O)OC(CCCCCCC)CCCCCCC(=O)O. The van der Waals surface area contributed by atoms with Crippen LogP contribution in [0.5, 0.6) is 0 Å².